The van der Waals surface area contributed by atoms with E-state index in [1.807, 2.05) is 0 Å². The molecule has 0 saturated carbocycles. The van der Waals surface area contributed by atoms with Gasteiger partial charge in [0.1, 0.15) is 23.1 Å². The van der Waals surface area contributed by atoms with Gasteiger partial charge in [-0.25, -0.2) is 12.8 Å². The van der Waals surface area contributed by atoms with E-state index in [1.54, 1.807) is 5.38 Å². The van der Waals surface area contributed by atoms with Crippen LogP contribution >= 0.6 is 34.5 Å². The summed E-state index contributed by atoms with van der Waals surface area (Å²) in [5.74, 6) is -0.531. The van der Waals surface area contributed by atoms with Gasteiger partial charge in [-0.05, 0) is 47.3 Å². The van der Waals surface area contributed by atoms with Crippen LogP contribution in [0.4, 0.5) is 10.1 Å². The number of sulfonamides is 1. The summed E-state index contributed by atoms with van der Waals surface area (Å²) in [6.45, 7) is 0.491. The maximum atomic E-state index is 13.5. The number of hydrogen-bond donors (Lipinski definition) is 0. The summed E-state index contributed by atoms with van der Waals surface area (Å²) in [4.78, 5) is 15.0. The third kappa shape index (κ3) is 4.35. The summed E-state index contributed by atoms with van der Waals surface area (Å²) in [5.41, 5.74) is 0.962. The predicted molar refractivity (Wildman–Crippen MR) is 123 cm³/mol. The Morgan fingerprint density at radius 2 is 1.94 bits per heavy atom. The van der Waals surface area contributed by atoms with Gasteiger partial charge in [0.15, 0.2) is 0 Å². The largest absolute Gasteiger partial charge is 0.489 e. The Morgan fingerprint density at radius 1 is 1.22 bits per heavy atom. The molecule has 11 heteroatoms. The molecule has 3 aromatic rings. The Labute approximate surface area is 198 Å². The van der Waals surface area contributed by atoms with Gasteiger partial charge in [0, 0.05) is 24.7 Å². The van der Waals surface area contributed by atoms with Crippen molar-refractivity contribution in [2.24, 2.45) is 0 Å². The zero-order chi connectivity index (χ0) is 23.0. The standard InChI is InChI=1S/C21H17Cl2FN2O4S2/c1-25(32(28,29)16-5-2-14(22)3-6-16)11-13-12-31-20(19(13)23)21(27)26-8-9-30-18-10-15(24)4-7-17(18)26/h2-7,10,12H,8-9,11H2,1H3. The van der Waals surface area contributed by atoms with Gasteiger partial charge in [-0.3, -0.25) is 4.79 Å². The third-order valence-corrected chi connectivity index (χ3v) is 8.57. The van der Waals surface area contributed by atoms with Crippen molar-refractivity contribution in [3.05, 3.63) is 74.1 Å². The van der Waals surface area contributed by atoms with Crippen LogP contribution in [-0.4, -0.2) is 38.8 Å². The molecule has 2 heterocycles. The van der Waals surface area contributed by atoms with Gasteiger partial charge in [-0.2, -0.15) is 4.31 Å². The number of fused-ring (bicyclic) bond motifs is 1. The normalized spacial score (nSPS) is 13.7. The minimum absolute atomic E-state index is 0.0154. The van der Waals surface area contributed by atoms with Crippen molar-refractivity contribution in [1.82, 2.24) is 4.31 Å². The Hall–Kier alpha value is -2.17. The van der Waals surface area contributed by atoms with Crippen LogP contribution in [0.1, 0.15) is 15.2 Å². The lowest BCUT2D eigenvalue weighted by molar-refractivity contribution is 0.0980. The second-order valence-corrected chi connectivity index (χ2v) is 10.8. The molecule has 6 nitrogen and oxygen atoms in total. The number of rotatable bonds is 5. The first-order chi connectivity index (χ1) is 15.2. The van der Waals surface area contributed by atoms with Crippen LogP contribution in [0.3, 0.4) is 0 Å². The lowest BCUT2D eigenvalue weighted by atomic mass is 10.2. The number of carbonyl (C=O) groups is 1. The first kappa shape index (κ1) is 23.0. The smallest absolute Gasteiger partial charge is 0.270 e. The van der Waals surface area contributed by atoms with Crippen molar-refractivity contribution in [3.63, 3.8) is 0 Å². The molecule has 0 spiro atoms. The molecule has 0 fully saturated rings. The molecule has 0 bridgehead atoms. The second kappa shape index (κ2) is 8.99. The molecule has 1 amide bonds. The van der Waals surface area contributed by atoms with E-state index in [4.69, 9.17) is 27.9 Å². The molecule has 0 aliphatic carbocycles. The summed E-state index contributed by atoms with van der Waals surface area (Å²) >= 11 is 13.5. The molecule has 0 unspecified atom stereocenters. The van der Waals surface area contributed by atoms with Crippen LogP contribution in [0.15, 0.2) is 52.7 Å². The number of amides is 1. The highest BCUT2D eigenvalue weighted by atomic mass is 35.5. The highest BCUT2D eigenvalue weighted by Crippen LogP contribution is 2.36. The van der Waals surface area contributed by atoms with Crippen molar-refractivity contribution in [2.75, 3.05) is 25.1 Å². The number of ether oxygens (including phenoxy) is 1. The number of anilines is 1. The first-order valence-electron chi connectivity index (χ1n) is 9.40. The maximum absolute atomic E-state index is 13.5. The van der Waals surface area contributed by atoms with E-state index in [0.717, 1.165) is 15.6 Å². The van der Waals surface area contributed by atoms with Crippen molar-refractivity contribution < 1.29 is 22.3 Å². The van der Waals surface area contributed by atoms with Gasteiger partial charge in [0.05, 0.1) is 22.2 Å². The average Bonchev–Trinajstić information content (AvgIpc) is 3.13. The summed E-state index contributed by atoms with van der Waals surface area (Å²) in [6, 6.07) is 9.83. The molecule has 0 N–H and O–H groups in total. The summed E-state index contributed by atoms with van der Waals surface area (Å²) < 4.78 is 45.8. The molecule has 4 rings (SSSR count). The quantitative estimate of drug-likeness (QED) is 0.477. The lowest BCUT2D eigenvalue weighted by Crippen LogP contribution is -2.37. The summed E-state index contributed by atoms with van der Waals surface area (Å²) in [6.07, 6.45) is 0. The SMILES string of the molecule is CN(Cc1csc(C(=O)N2CCOc3cc(F)ccc32)c1Cl)S(=O)(=O)c1ccc(Cl)cc1. The highest BCUT2D eigenvalue weighted by Gasteiger charge is 2.29. The van der Waals surface area contributed by atoms with Crippen molar-refractivity contribution in [1.29, 1.82) is 0 Å². The van der Waals surface area contributed by atoms with Crippen LogP contribution < -0.4 is 9.64 Å². The van der Waals surface area contributed by atoms with Gasteiger partial charge in [0.25, 0.3) is 5.91 Å². The van der Waals surface area contributed by atoms with Crippen LogP contribution in [-0.2, 0) is 16.6 Å². The van der Waals surface area contributed by atoms with Gasteiger partial charge in [0.2, 0.25) is 10.0 Å². The van der Waals surface area contributed by atoms with Crippen molar-refractivity contribution >= 4 is 56.2 Å². The highest BCUT2D eigenvalue weighted by molar-refractivity contribution is 7.89. The molecule has 0 atom stereocenters. The Kier molecular flexibility index (Phi) is 6.46. The predicted octanol–water partition coefficient (Wildman–Crippen LogP) is 5.05. The van der Waals surface area contributed by atoms with Crippen LogP contribution in [0.5, 0.6) is 5.75 Å². The minimum Gasteiger partial charge on any atom is -0.489 e. The zero-order valence-electron chi connectivity index (χ0n) is 16.7. The Bertz CT molecular complexity index is 1280. The van der Waals surface area contributed by atoms with Crippen LogP contribution in [0.2, 0.25) is 10.0 Å². The van der Waals surface area contributed by atoms with Crippen molar-refractivity contribution in [3.8, 4) is 5.75 Å². The number of nitrogens with zero attached hydrogens (tertiary/aromatic N) is 2. The fourth-order valence-corrected chi connectivity index (χ4v) is 5.84. The molecule has 32 heavy (non-hydrogen) atoms. The van der Waals surface area contributed by atoms with Gasteiger partial charge < -0.3 is 9.64 Å². The number of hydrogen-bond acceptors (Lipinski definition) is 5. The molecule has 1 aliphatic heterocycles. The third-order valence-electron chi connectivity index (χ3n) is 4.94. The van der Waals surface area contributed by atoms with Crippen LogP contribution in [0.25, 0.3) is 0 Å². The number of carbonyl (C=O) groups excluding carboxylic acids is 1. The van der Waals surface area contributed by atoms with E-state index in [9.17, 15) is 17.6 Å². The molecule has 0 saturated heterocycles. The van der Waals surface area contributed by atoms with Crippen molar-refractivity contribution in [2.45, 2.75) is 11.4 Å². The van der Waals surface area contributed by atoms with Crippen LogP contribution in [0, 0.1) is 5.82 Å². The fourth-order valence-electron chi connectivity index (χ4n) is 3.27. The minimum atomic E-state index is -3.77. The topological polar surface area (TPSA) is 66.9 Å². The van der Waals surface area contributed by atoms with E-state index in [1.165, 1.54) is 54.4 Å². The Balaban J connectivity index is 1.57. The van der Waals surface area contributed by atoms with E-state index in [2.05, 4.69) is 0 Å². The molecule has 1 aliphatic rings. The number of benzene rings is 2. The average molecular weight is 515 g/mol. The maximum Gasteiger partial charge on any atom is 0.270 e. The molecule has 0 radical (unpaired) electrons. The van der Waals surface area contributed by atoms with E-state index in [0.29, 0.717) is 16.3 Å². The molecular formula is C21H17Cl2FN2O4S2. The molecule has 2 aromatic carbocycles. The van der Waals surface area contributed by atoms with E-state index < -0.39 is 15.8 Å². The first-order valence-corrected chi connectivity index (χ1v) is 12.5. The summed E-state index contributed by atoms with van der Waals surface area (Å²) in [7, 11) is -2.34. The van der Waals surface area contributed by atoms with E-state index in [-0.39, 0.29) is 46.1 Å². The monoisotopic (exact) mass is 514 g/mol. The zero-order valence-corrected chi connectivity index (χ0v) is 19.9. The molecule has 168 valence electrons. The molecule has 1 aromatic heterocycles. The van der Waals surface area contributed by atoms with Gasteiger partial charge >= 0.3 is 0 Å². The number of halogens is 3. The summed E-state index contributed by atoms with van der Waals surface area (Å²) in [5, 5.41) is 2.28. The number of thiophene rings is 1. The Morgan fingerprint density at radius 3 is 2.66 bits per heavy atom. The fraction of sp³-hybridized carbons (Fsp3) is 0.190. The molecular weight excluding hydrogens is 498 g/mol. The lowest BCUT2D eigenvalue weighted by Gasteiger charge is -2.29. The van der Waals surface area contributed by atoms with Gasteiger partial charge in [-0.15, -0.1) is 11.3 Å². The van der Waals surface area contributed by atoms with Gasteiger partial charge in [-0.1, -0.05) is 23.2 Å². The van der Waals surface area contributed by atoms with E-state index >= 15 is 0 Å². The second-order valence-electron chi connectivity index (χ2n) is 7.04.